The summed E-state index contributed by atoms with van der Waals surface area (Å²) in [6.07, 6.45) is 0.793. The Morgan fingerprint density at radius 2 is 2.42 bits per heavy atom. The van der Waals surface area contributed by atoms with Gasteiger partial charge in [-0.3, -0.25) is 5.11 Å². The maximum atomic E-state index is 11.1. The third-order valence-electron chi connectivity index (χ3n) is 1.21. The van der Waals surface area contributed by atoms with E-state index in [0.717, 1.165) is 17.8 Å². The summed E-state index contributed by atoms with van der Waals surface area (Å²) >= 11 is 1.12. The topological polar surface area (TPSA) is 46.2 Å². The van der Waals surface area contributed by atoms with Gasteiger partial charge in [0.15, 0.2) is 5.75 Å². The molecule has 0 aliphatic rings. The van der Waals surface area contributed by atoms with Crippen LogP contribution in [0.2, 0.25) is 0 Å². The quantitative estimate of drug-likeness (QED) is 0.679. The Bertz CT molecular complexity index is 267. The molecule has 1 aromatic rings. The third-order valence-corrected chi connectivity index (χ3v) is 2.10. The van der Waals surface area contributed by atoms with Crippen molar-refractivity contribution in [2.45, 2.75) is 13.3 Å². The number of thiophene rings is 1. The predicted octanol–water partition coefficient (Wildman–Crippen LogP) is 2.46. The molecule has 1 aromatic heterocycles. The van der Waals surface area contributed by atoms with E-state index in [9.17, 15) is 9.90 Å². The second kappa shape index (κ2) is 4.11. The maximum absolute atomic E-state index is 11.1. The minimum atomic E-state index is -0.399. The Morgan fingerprint density at radius 1 is 1.67 bits per heavy atom. The fourth-order valence-electron chi connectivity index (χ4n) is 0.692. The Kier molecular flexibility index (Phi) is 3.10. The SMILES string of the molecule is CCCOC(=O)c1cc([O])cs1. The van der Waals surface area contributed by atoms with Crippen molar-refractivity contribution in [3.8, 4) is 5.75 Å². The van der Waals surface area contributed by atoms with Crippen LogP contribution in [0.1, 0.15) is 23.0 Å². The van der Waals surface area contributed by atoms with Crippen LogP contribution in [0, 0.1) is 0 Å². The zero-order valence-electron chi connectivity index (χ0n) is 6.70. The van der Waals surface area contributed by atoms with Gasteiger partial charge in [-0.2, -0.15) is 0 Å². The van der Waals surface area contributed by atoms with Crippen molar-refractivity contribution in [3.63, 3.8) is 0 Å². The summed E-state index contributed by atoms with van der Waals surface area (Å²) in [6, 6.07) is 1.29. The molecule has 1 radical (unpaired) electrons. The number of esters is 1. The van der Waals surface area contributed by atoms with E-state index in [2.05, 4.69) is 0 Å². The second-order valence-corrected chi connectivity index (χ2v) is 3.19. The van der Waals surface area contributed by atoms with Crippen molar-refractivity contribution in [2.75, 3.05) is 6.61 Å². The summed E-state index contributed by atoms with van der Waals surface area (Å²) in [5, 5.41) is 12.1. The molecule has 0 amide bonds. The van der Waals surface area contributed by atoms with E-state index in [1.165, 1.54) is 11.4 Å². The molecule has 12 heavy (non-hydrogen) atoms. The summed E-state index contributed by atoms with van der Waals surface area (Å²) in [4.78, 5) is 11.4. The average Bonchev–Trinajstić information content (AvgIpc) is 2.47. The Hall–Kier alpha value is -1.03. The highest BCUT2D eigenvalue weighted by Crippen LogP contribution is 2.21. The lowest BCUT2D eigenvalue weighted by Gasteiger charge is -1.98. The van der Waals surface area contributed by atoms with E-state index < -0.39 is 5.97 Å². The Balaban J connectivity index is 2.53. The van der Waals surface area contributed by atoms with E-state index in [4.69, 9.17) is 4.74 Å². The van der Waals surface area contributed by atoms with E-state index in [0.29, 0.717) is 11.5 Å². The Labute approximate surface area is 74.6 Å². The van der Waals surface area contributed by atoms with Gasteiger partial charge in [0.25, 0.3) is 0 Å². The summed E-state index contributed by atoms with van der Waals surface area (Å²) in [5.41, 5.74) is 0. The van der Waals surface area contributed by atoms with Crippen molar-refractivity contribution < 1.29 is 14.6 Å². The predicted molar refractivity (Wildman–Crippen MR) is 45.0 cm³/mol. The standard InChI is InChI=1S/C8H9O3S/c1-2-3-11-8(10)7-4-6(9)5-12-7/h4-5H,2-3H2,1H3. The lowest BCUT2D eigenvalue weighted by atomic mass is 10.4. The van der Waals surface area contributed by atoms with Gasteiger partial charge in [0.05, 0.1) is 6.61 Å². The van der Waals surface area contributed by atoms with Crippen LogP contribution in [0.5, 0.6) is 5.75 Å². The number of ether oxygens (including phenoxy) is 1. The fraction of sp³-hybridized carbons (Fsp3) is 0.375. The van der Waals surface area contributed by atoms with Crippen molar-refractivity contribution in [2.24, 2.45) is 0 Å². The lowest BCUT2D eigenvalue weighted by molar-refractivity contribution is 0.0510. The van der Waals surface area contributed by atoms with Gasteiger partial charge in [0.2, 0.25) is 0 Å². The van der Waals surface area contributed by atoms with Crippen molar-refractivity contribution in [1.82, 2.24) is 0 Å². The minimum absolute atomic E-state index is 0.136. The highest BCUT2D eigenvalue weighted by molar-refractivity contribution is 7.12. The summed E-state index contributed by atoms with van der Waals surface area (Å²) in [5.74, 6) is -0.535. The minimum Gasteiger partial charge on any atom is -0.462 e. The van der Waals surface area contributed by atoms with E-state index >= 15 is 0 Å². The van der Waals surface area contributed by atoms with Crippen LogP contribution in [0.25, 0.3) is 0 Å². The van der Waals surface area contributed by atoms with Crippen LogP contribution >= 0.6 is 11.3 Å². The second-order valence-electron chi connectivity index (χ2n) is 2.28. The van der Waals surface area contributed by atoms with Gasteiger partial charge in [0.1, 0.15) is 4.88 Å². The van der Waals surface area contributed by atoms with Crippen molar-refractivity contribution in [3.05, 3.63) is 16.3 Å². The molecule has 0 fully saturated rings. The van der Waals surface area contributed by atoms with Crippen LogP contribution in [-0.4, -0.2) is 12.6 Å². The molecular weight excluding hydrogens is 176 g/mol. The number of hydrogen-bond acceptors (Lipinski definition) is 3. The van der Waals surface area contributed by atoms with Gasteiger partial charge in [-0.15, -0.1) is 11.3 Å². The fourth-order valence-corrected chi connectivity index (χ4v) is 1.34. The van der Waals surface area contributed by atoms with Crippen LogP contribution in [0.15, 0.2) is 11.4 Å². The number of carbonyl (C=O) groups is 1. The molecular formula is C8H9O3S. The molecule has 0 aliphatic carbocycles. The van der Waals surface area contributed by atoms with Crippen LogP contribution in [0.3, 0.4) is 0 Å². The highest BCUT2D eigenvalue weighted by Gasteiger charge is 2.09. The third kappa shape index (κ3) is 2.23. The molecule has 0 spiro atoms. The maximum Gasteiger partial charge on any atom is 0.348 e. The molecule has 65 valence electrons. The normalized spacial score (nSPS) is 9.75. The molecule has 4 heteroatoms. The largest absolute Gasteiger partial charge is 0.462 e. The molecule has 0 N–H and O–H groups in total. The van der Waals surface area contributed by atoms with Crippen LogP contribution in [0.4, 0.5) is 0 Å². The van der Waals surface area contributed by atoms with Gasteiger partial charge >= 0.3 is 5.97 Å². The average molecular weight is 185 g/mol. The summed E-state index contributed by atoms with van der Waals surface area (Å²) in [6.45, 7) is 2.33. The van der Waals surface area contributed by atoms with E-state index in [-0.39, 0.29) is 5.75 Å². The van der Waals surface area contributed by atoms with Crippen molar-refractivity contribution in [1.29, 1.82) is 0 Å². The smallest absolute Gasteiger partial charge is 0.348 e. The zero-order chi connectivity index (χ0) is 8.97. The van der Waals surface area contributed by atoms with Gasteiger partial charge in [0, 0.05) is 11.4 Å². The first kappa shape index (κ1) is 9.06. The first-order valence-electron chi connectivity index (χ1n) is 3.66. The monoisotopic (exact) mass is 185 g/mol. The van der Waals surface area contributed by atoms with Crippen LogP contribution in [-0.2, 0) is 9.84 Å². The van der Waals surface area contributed by atoms with Crippen molar-refractivity contribution >= 4 is 17.3 Å². The van der Waals surface area contributed by atoms with E-state index in [1.807, 2.05) is 6.92 Å². The Morgan fingerprint density at radius 3 is 2.92 bits per heavy atom. The molecule has 0 unspecified atom stereocenters. The summed E-state index contributed by atoms with van der Waals surface area (Å²) < 4.78 is 4.82. The lowest BCUT2D eigenvalue weighted by Crippen LogP contribution is -2.03. The van der Waals surface area contributed by atoms with Crippen LogP contribution < -0.4 is 0 Å². The molecule has 1 heterocycles. The zero-order valence-corrected chi connectivity index (χ0v) is 7.52. The van der Waals surface area contributed by atoms with Gasteiger partial charge in [-0.1, -0.05) is 6.92 Å². The molecule has 3 nitrogen and oxygen atoms in total. The molecule has 0 aliphatic heterocycles. The number of rotatable bonds is 3. The van der Waals surface area contributed by atoms with Gasteiger partial charge in [-0.05, 0) is 6.42 Å². The number of hydrogen-bond donors (Lipinski definition) is 0. The first-order chi connectivity index (χ1) is 5.74. The van der Waals surface area contributed by atoms with Gasteiger partial charge in [-0.25, -0.2) is 4.79 Å². The molecule has 0 saturated carbocycles. The first-order valence-corrected chi connectivity index (χ1v) is 4.54. The molecule has 0 bridgehead atoms. The summed E-state index contributed by atoms with van der Waals surface area (Å²) in [7, 11) is 0. The number of carbonyl (C=O) groups excluding carboxylic acids is 1. The molecule has 0 saturated heterocycles. The van der Waals surface area contributed by atoms with E-state index in [1.54, 1.807) is 0 Å². The molecule has 0 aromatic carbocycles. The van der Waals surface area contributed by atoms with Gasteiger partial charge < -0.3 is 4.74 Å². The molecule has 1 rings (SSSR count). The molecule has 0 atom stereocenters. The highest BCUT2D eigenvalue weighted by atomic mass is 32.1.